The van der Waals surface area contributed by atoms with Gasteiger partial charge in [0.2, 0.25) is 0 Å². The number of nitrogens with one attached hydrogen (secondary N) is 1. The Balaban J connectivity index is 1.69. The molecule has 5 heteroatoms. The van der Waals surface area contributed by atoms with E-state index in [0.717, 1.165) is 43.0 Å². The van der Waals surface area contributed by atoms with E-state index in [0.29, 0.717) is 12.1 Å². The minimum Gasteiger partial charge on any atom is -0.322 e. The van der Waals surface area contributed by atoms with Crippen molar-refractivity contribution >= 4 is 11.0 Å². The van der Waals surface area contributed by atoms with E-state index in [-0.39, 0.29) is 11.9 Å². The number of fused-ring (bicyclic) bond motifs is 1. The third-order valence-electron chi connectivity index (χ3n) is 5.83. The summed E-state index contributed by atoms with van der Waals surface area (Å²) in [5, 5.41) is 3.41. The molecule has 1 unspecified atom stereocenters. The van der Waals surface area contributed by atoms with Crippen LogP contribution in [0.3, 0.4) is 0 Å². The summed E-state index contributed by atoms with van der Waals surface area (Å²) in [5.74, 6) is 0.714. The van der Waals surface area contributed by atoms with Gasteiger partial charge >= 0.3 is 0 Å². The quantitative estimate of drug-likeness (QED) is 0.545. The van der Waals surface area contributed by atoms with Gasteiger partial charge < -0.3 is 9.88 Å². The smallest absolute Gasteiger partial charge is 0.132 e. The molecule has 0 bridgehead atoms. The Morgan fingerprint density at radius 1 is 0.867 bits per heavy atom. The number of imidazole rings is 1. The van der Waals surface area contributed by atoms with Crippen molar-refractivity contribution in [2.75, 3.05) is 26.2 Å². The van der Waals surface area contributed by atoms with Gasteiger partial charge in [-0.2, -0.15) is 0 Å². The molecule has 1 N–H and O–H groups in total. The van der Waals surface area contributed by atoms with Crippen molar-refractivity contribution in [2.45, 2.75) is 12.6 Å². The Hall–Kier alpha value is -3.02. The van der Waals surface area contributed by atoms with Gasteiger partial charge in [0.25, 0.3) is 0 Å². The average molecular weight is 401 g/mol. The average Bonchev–Trinajstić information content (AvgIpc) is 3.15. The maximum absolute atomic E-state index is 15.0. The second-order valence-corrected chi connectivity index (χ2v) is 7.74. The highest BCUT2D eigenvalue weighted by Gasteiger charge is 2.30. The molecule has 30 heavy (non-hydrogen) atoms. The summed E-state index contributed by atoms with van der Waals surface area (Å²) in [6.07, 6.45) is 0. The molecule has 4 nitrogen and oxygen atoms in total. The van der Waals surface area contributed by atoms with E-state index in [1.807, 2.05) is 36.4 Å². The van der Waals surface area contributed by atoms with Crippen LogP contribution in [0.4, 0.5) is 4.39 Å². The Morgan fingerprint density at radius 2 is 1.57 bits per heavy atom. The van der Waals surface area contributed by atoms with Crippen LogP contribution in [0, 0.1) is 5.82 Å². The molecule has 1 aliphatic rings. The Kier molecular flexibility index (Phi) is 5.30. The molecule has 1 saturated heterocycles. The number of piperazine rings is 1. The molecule has 0 aliphatic carbocycles. The molecule has 152 valence electrons. The summed E-state index contributed by atoms with van der Waals surface area (Å²) in [4.78, 5) is 7.38. The molecule has 4 aromatic rings. The minimum absolute atomic E-state index is 0.181. The van der Waals surface area contributed by atoms with Gasteiger partial charge in [-0.15, -0.1) is 0 Å². The molecule has 3 aromatic carbocycles. The van der Waals surface area contributed by atoms with E-state index in [2.05, 4.69) is 45.1 Å². The molecule has 0 radical (unpaired) electrons. The van der Waals surface area contributed by atoms with Crippen LogP contribution in [0.5, 0.6) is 0 Å². The Bertz CT molecular complexity index is 1130. The third kappa shape index (κ3) is 3.62. The van der Waals surface area contributed by atoms with Crippen LogP contribution in [0.25, 0.3) is 11.0 Å². The molecular formula is C25H25FN4. The number of nitrogens with zero attached hydrogens (tertiary/aromatic N) is 3. The van der Waals surface area contributed by atoms with Crippen LogP contribution in [0.15, 0.2) is 78.9 Å². The van der Waals surface area contributed by atoms with E-state index in [1.165, 1.54) is 5.56 Å². The molecule has 1 fully saturated rings. The summed E-state index contributed by atoms with van der Waals surface area (Å²) < 4.78 is 17.3. The van der Waals surface area contributed by atoms with E-state index in [1.54, 1.807) is 12.1 Å². The summed E-state index contributed by atoms with van der Waals surface area (Å²) in [5.41, 5.74) is 3.91. The number of aromatic nitrogens is 2. The highest BCUT2D eigenvalue weighted by atomic mass is 19.1. The van der Waals surface area contributed by atoms with Crippen LogP contribution >= 0.6 is 0 Å². The maximum atomic E-state index is 15.0. The number of halogens is 1. The molecule has 1 atom stereocenters. The fourth-order valence-corrected chi connectivity index (χ4v) is 4.37. The molecule has 1 aliphatic heterocycles. The zero-order valence-corrected chi connectivity index (χ0v) is 16.8. The van der Waals surface area contributed by atoms with Crippen LogP contribution in [0.1, 0.15) is 23.0 Å². The summed E-state index contributed by atoms with van der Waals surface area (Å²) in [7, 11) is 0. The summed E-state index contributed by atoms with van der Waals surface area (Å²) in [6, 6.07) is 25.5. The van der Waals surface area contributed by atoms with Gasteiger partial charge in [0.15, 0.2) is 0 Å². The molecule has 0 amide bonds. The second-order valence-electron chi connectivity index (χ2n) is 7.74. The SMILES string of the molecule is Fc1ccccc1C(c1nc2ccccc2n1Cc1ccccc1)N1CCNCC1. The second kappa shape index (κ2) is 8.38. The lowest BCUT2D eigenvalue weighted by Gasteiger charge is -2.35. The normalized spacial score (nSPS) is 16.0. The third-order valence-corrected chi connectivity index (χ3v) is 5.83. The zero-order valence-electron chi connectivity index (χ0n) is 16.8. The van der Waals surface area contributed by atoms with Crippen molar-refractivity contribution in [3.63, 3.8) is 0 Å². The van der Waals surface area contributed by atoms with Crippen LogP contribution in [-0.4, -0.2) is 40.6 Å². The lowest BCUT2D eigenvalue weighted by atomic mass is 10.0. The molecule has 2 heterocycles. The van der Waals surface area contributed by atoms with Crippen LogP contribution in [-0.2, 0) is 6.54 Å². The molecule has 5 rings (SSSR count). The molecule has 1 aromatic heterocycles. The van der Waals surface area contributed by atoms with E-state index < -0.39 is 0 Å². The van der Waals surface area contributed by atoms with Crippen molar-refractivity contribution in [3.8, 4) is 0 Å². The van der Waals surface area contributed by atoms with Crippen molar-refractivity contribution in [1.82, 2.24) is 19.8 Å². The van der Waals surface area contributed by atoms with Crippen molar-refractivity contribution < 1.29 is 4.39 Å². The van der Waals surface area contributed by atoms with Gasteiger partial charge in [-0.1, -0.05) is 60.7 Å². The standard InChI is InChI=1S/C25H25FN4/c26-21-11-5-4-10-20(21)24(29-16-14-27-15-17-29)25-28-22-12-6-7-13-23(22)30(25)18-19-8-2-1-3-9-19/h1-13,24,27H,14-18H2. The maximum Gasteiger partial charge on any atom is 0.132 e. The van der Waals surface area contributed by atoms with Gasteiger partial charge in [-0.25, -0.2) is 9.37 Å². The van der Waals surface area contributed by atoms with Gasteiger partial charge in [-0.05, 0) is 23.8 Å². The highest BCUT2D eigenvalue weighted by Crippen LogP contribution is 2.33. The lowest BCUT2D eigenvalue weighted by Crippen LogP contribution is -2.46. The molecule has 0 saturated carbocycles. The van der Waals surface area contributed by atoms with Crippen molar-refractivity contribution in [2.24, 2.45) is 0 Å². The zero-order chi connectivity index (χ0) is 20.3. The number of benzene rings is 3. The Labute approximate surface area is 176 Å². The highest BCUT2D eigenvalue weighted by molar-refractivity contribution is 5.76. The molecular weight excluding hydrogens is 375 g/mol. The first kappa shape index (κ1) is 19.0. The topological polar surface area (TPSA) is 33.1 Å². The first-order valence-electron chi connectivity index (χ1n) is 10.5. The number of rotatable bonds is 5. The summed E-state index contributed by atoms with van der Waals surface area (Å²) >= 11 is 0. The molecule has 0 spiro atoms. The van der Waals surface area contributed by atoms with Crippen LogP contribution in [0.2, 0.25) is 0 Å². The van der Waals surface area contributed by atoms with Crippen LogP contribution < -0.4 is 5.32 Å². The van der Waals surface area contributed by atoms with E-state index in [4.69, 9.17) is 4.98 Å². The fourth-order valence-electron chi connectivity index (χ4n) is 4.37. The number of hydrogen-bond acceptors (Lipinski definition) is 3. The Morgan fingerprint density at radius 3 is 2.37 bits per heavy atom. The van der Waals surface area contributed by atoms with Gasteiger partial charge in [0.1, 0.15) is 11.6 Å². The predicted molar refractivity (Wildman–Crippen MR) is 118 cm³/mol. The first-order chi connectivity index (χ1) is 14.8. The van der Waals surface area contributed by atoms with Gasteiger partial charge in [0.05, 0.1) is 17.1 Å². The number of hydrogen-bond donors (Lipinski definition) is 1. The fraction of sp³-hybridized carbons (Fsp3) is 0.240. The van der Waals surface area contributed by atoms with Crippen molar-refractivity contribution in [1.29, 1.82) is 0 Å². The van der Waals surface area contributed by atoms with Crippen molar-refractivity contribution in [3.05, 3.63) is 102 Å². The predicted octanol–water partition coefficient (Wildman–Crippen LogP) is 4.22. The summed E-state index contributed by atoms with van der Waals surface area (Å²) in [6.45, 7) is 4.20. The van der Waals surface area contributed by atoms with Gasteiger partial charge in [-0.3, -0.25) is 4.90 Å². The van der Waals surface area contributed by atoms with Gasteiger partial charge in [0, 0.05) is 38.3 Å². The minimum atomic E-state index is -0.232. The largest absolute Gasteiger partial charge is 0.322 e. The van der Waals surface area contributed by atoms with E-state index >= 15 is 4.39 Å². The monoisotopic (exact) mass is 400 g/mol. The number of para-hydroxylation sites is 2. The van der Waals surface area contributed by atoms with E-state index in [9.17, 15) is 0 Å². The first-order valence-corrected chi connectivity index (χ1v) is 10.5. The lowest BCUT2D eigenvalue weighted by molar-refractivity contribution is 0.187.